The van der Waals surface area contributed by atoms with E-state index in [-0.39, 0.29) is 12.4 Å². The number of benzene rings is 2. The number of likely N-dealkylation sites (N-methyl/N-ethyl adjacent to an activating group) is 1. The summed E-state index contributed by atoms with van der Waals surface area (Å²) in [7, 11) is 1.56. The molecule has 0 spiro atoms. The van der Waals surface area contributed by atoms with E-state index < -0.39 is 17.8 Å². The molecule has 1 unspecified atom stereocenters. The zero-order chi connectivity index (χ0) is 18.7. The van der Waals surface area contributed by atoms with E-state index >= 15 is 0 Å². The molecule has 3 aromatic rings. The fourth-order valence-corrected chi connectivity index (χ4v) is 2.52. The van der Waals surface area contributed by atoms with Gasteiger partial charge in [-0.25, -0.2) is 13.5 Å². The molecule has 0 aliphatic heterocycles. The molecule has 0 saturated carbocycles. The quantitative estimate of drug-likeness (QED) is 0.764. The highest BCUT2D eigenvalue weighted by Crippen LogP contribution is 2.17. The number of hydrogen-bond donors (Lipinski definition) is 1. The molecule has 3 rings (SSSR count). The van der Waals surface area contributed by atoms with E-state index in [0.29, 0.717) is 11.3 Å². The standard InChI is InChI=1S/C19H17F2N3O2/c1-23(19(26)18(25)14-2-4-15(20)5-3-14)11-13-10-22-24(12-13)17-8-6-16(21)7-9-17/h2-10,12,18,25H,11H2,1H3. The first-order chi connectivity index (χ1) is 12.4. The Hall–Kier alpha value is -3.06. The lowest BCUT2D eigenvalue weighted by Crippen LogP contribution is -2.31. The van der Waals surface area contributed by atoms with Crippen LogP contribution in [0.2, 0.25) is 0 Å². The first-order valence-corrected chi connectivity index (χ1v) is 7.92. The lowest BCUT2D eigenvalue weighted by molar-refractivity contribution is -0.139. The summed E-state index contributed by atoms with van der Waals surface area (Å²) in [5, 5.41) is 14.4. The Balaban J connectivity index is 1.67. The largest absolute Gasteiger partial charge is 0.378 e. The second-order valence-corrected chi connectivity index (χ2v) is 5.92. The first kappa shape index (κ1) is 17.8. The van der Waals surface area contributed by atoms with Gasteiger partial charge < -0.3 is 10.0 Å². The minimum absolute atomic E-state index is 0.234. The number of nitrogens with zero attached hydrogens (tertiary/aromatic N) is 3. The van der Waals surface area contributed by atoms with E-state index in [4.69, 9.17) is 0 Å². The van der Waals surface area contributed by atoms with Gasteiger partial charge in [-0.05, 0) is 42.0 Å². The van der Waals surface area contributed by atoms with Gasteiger partial charge in [-0.3, -0.25) is 4.79 Å². The van der Waals surface area contributed by atoms with Gasteiger partial charge in [-0.2, -0.15) is 5.10 Å². The molecule has 0 radical (unpaired) electrons. The molecular weight excluding hydrogens is 340 g/mol. The van der Waals surface area contributed by atoms with Gasteiger partial charge in [-0.15, -0.1) is 0 Å². The molecule has 1 N–H and O–H groups in total. The highest BCUT2D eigenvalue weighted by Gasteiger charge is 2.21. The van der Waals surface area contributed by atoms with Crippen molar-refractivity contribution in [2.24, 2.45) is 0 Å². The van der Waals surface area contributed by atoms with E-state index in [1.807, 2.05) is 0 Å². The maximum atomic E-state index is 13.0. The molecule has 0 saturated heterocycles. The minimum atomic E-state index is -1.37. The van der Waals surface area contributed by atoms with Crippen molar-refractivity contribution in [1.82, 2.24) is 14.7 Å². The van der Waals surface area contributed by atoms with Gasteiger partial charge in [-0.1, -0.05) is 12.1 Å². The Morgan fingerprint density at radius 1 is 1.12 bits per heavy atom. The Morgan fingerprint density at radius 2 is 1.69 bits per heavy atom. The maximum absolute atomic E-state index is 13.0. The fourth-order valence-electron chi connectivity index (χ4n) is 2.52. The van der Waals surface area contributed by atoms with Gasteiger partial charge in [0.25, 0.3) is 5.91 Å². The van der Waals surface area contributed by atoms with Crippen LogP contribution in [-0.2, 0) is 11.3 Å². The van der Waals surface area contributed by atoms with Crippen LogP contribution < -0.4 is 0 Å². The average Bonchev–Trinajstić information content (AvgIpc) is 3.10. The van der Waals surface area contributed by atoms with Gasteiger partial charge in [0.2, 0.25) is 0 Å². The third-order valence-corrected chi connectivity index (χ3v) is 3.94. The van der Waals surface area contributed by atoms with Crippen molar-refractivity contribution < 1.29 is 18.7 Å². The molecule has 1 aromatic heterocycles. The molecule has 1 heterocycles. The van der Waals surface area contributed by atoms with Crippen molar-refractivity contribution in [3.63, 3.8) is 0 Å². The summed E-state index contributed by atoms with van der Waals surface area (Å²) in [6.45, 7) is 0.234. The number of aromatic nitrogens is 2. The predicted octanol–water partition coefficient (Wildman–Crippen LogP) is 2.84. The highest BCUT2D eigenvalue weighted by atomic mass is 19.1. The van der Waals surface area contributed by atoms with Crippen LogP contribution >= 0.6 is 0 Å². The smallest absolute Gasteiger partial charge is 0.256 e. The Morgan fingerprint density at radius 3 is 2.31 bits per heavy atom. The summed E-state index contributed by atoms with van der Waals surface area (Å²) in [4.78, 5) is 13.7. The van der Waals surface area contributed by atoms with Crippen LogP contribution in [-0.4, -0.2) is 32.7 Å². The molecule has 26 heavy (non-hydrogen) atoms. The molecule has 2 aromatic carbocycles. The molecule has 5 nitrogen and oxygen atoms in total. The second kappa shape index (κ2) is 7.45. The SMILES string of the molecule is CN(Cc1cnn(-c2ccc(F)cc2)c1)C(=O)C(O)c1ccc(F)cc1. The van der Waals surface area contributed by atoms with Crippen molar-refractivity contribution in [3.8, 4) is 5.69 Å². The van der Waals surface area contributed by atoms with E-state index in [2.05, 4.69) is 5.10 Å². The van der Waals surface area contributed by atoms with Crippen LogP contribution in [0.5, 0.6) is 0 Å². The Kier molecular flexibility index (Phi) is 5.09. The molecule has 7 heteroatoms. The van der Waals surface area contributed by atoms with E-state index in [0.717, 1.165) is 5.56 Å². The van der Waals surface area contributed by atoms with Gasteiger partial charge in [0.05, 0.1) is 11.9 Å². The summed E-state index contributed by atoms with van der Waals surface area (Å²) in [5.74, 6) is -1.28. The fraction of sp³-hybridized carbons (Fsp3) is 0.158. The van der Waals surface area contributed by atoms with Gasteiger partial charge >= 0.3 is 0 Å². The van der Waals surface area contributed by atoms with Crippen LogP contribution in [0, 0.1) is 11.6 Å². The molecule has 0 bridgehead atoms. The molecule has 1 atom stereocenters. The molecular formula is C19H17F2N3O2. The molecule has 0 fully saturated rings. The molecule has 134 valence electrons. The van der Waals surface area contributed by atoms with Crippen molar-refractivity contribution in [2.45, 2.75) is 12.6 Å². The molecule has 0 aliphatic rings. The van der Waals surface area contributed by atoms with Crippen molar-refractivity contribution in [2.75, 3.05) is 7.05 Å². The zero-order valence-electron chi connectivity index (χ0n) is 14.0. The monoisotopic (exact) mass is 357 g/mol. The number of hydrogen-bond acceptors (Lipinski definition) is 3. The predicted molar refractivity (Wildman–Crippen MR) is 91.4 cm³/mol. The number of carbonyl (C=O) groups excluding carboxylic acids is 1. The zero-order valence-corrected chi connectivity index (χ0v) is 14.0. The number of amides is 1. The number of aliphatic hydroxyl groups is 1. The summed E-state index contributed by atoms with van der Waals surface area (Å²) >= 11 is 0. The van der Waals surface area contributed by atoms with Crippen molar-refractivity contribution >= 4 is 5.91 Å². The van der Waals surface area contributed by atoms with Crippen LogP contribution in [0.3, 0.4) is 0 Å². The maximum Gasteiger partial charge on any atom is 0.256 e. The van der Waals surface area contributed by atoms with Crippen LogP contribution in [0.15, 0.2) is 60.9 Å². The third kappa shape index (κ3) is 3.94. The van der Waals surface area contributed by atoms with Gasteiger partial charge in [0, 0.05) is 25.4 Å². The third-order valence-electron chi connectivity index (χ3n) is 3.94. The first-order valence-electron chi connectivity index (χ1n) is 7.92. The summed E-state index contributed by atoms with van der Waals surface area (Å²) in [6, 6.07) is 11.0. The average molecular weight is 357 g/mol. The summed E-state index contributed by atoms with van der Waals surface area (Å²) < 4.78 is 27.5. The molecule has 0 aliphatic carbocycles. The topological polar surface area (TPSA) is 58.4 Å². The van der Waals surface area contributed by atoms with Crippen LogP contribution in [0.4, 0.5) is 8.78 Å². The normalized spacial score (nSPS) is 12.0. The summed E-state index contributed by atoms with van der Waals surface area (Å²) in [5.41, 5.74) is 1.76. The molecule has 1 amide bonds. The highest BCUT2D eigenvalue weighted by molar-refractivity contribution is 5.81. The second-order valence-electron chi connectivity index (χ2n) is 5.92. The lowest BCUT2D eigenvalue weighted by Gasteiger charge is -2.20. The van der Waals surface area contributed by atoms with E-state index in [9.17, 15) is 18.7 Å². The van der Waals surface area contributed by atoms with Crippen molar-refractivity contribution in [3.05, 3.63) is 83.7 Å². The van der Waals surface area contributed by atoms with Gasteiger partial charge in [0.15, 0.2) is 6.10 Å². The number of rotatable bonds is 5. The van der Waals surface area contributed by atoms with E-state index in [1.165, 1.54) is 41.3 Å². The number of halogens is 2. The summed E-state index contributed by atoms with van der Waals surface area (Å²) in [6.07, 6.45) is 1.95. The Bertz CT molecular complexity index is 892. The minimum Gasteiger partial charge on any atom is -0.378 e. The Labute approximate surface area is 149 Å². The van der Waals surface area contributed by atoms with Crippen LogP contribution in [0.25, 0.3) is 5.69 Å². The lowest BCUT2D eigenvalue weighted by atomic mass is 10.1. The van der Waals surface area contributed by atoms with Crippen LogP contribution in [0.1, 0.15) is 17.2 Å². The number of aliphatic hydroxyl groups excluding tert-OH is 1. The van der Waals surface area contributed by atoms with E-state index in [1.54, 1.807) is 36.3 Å². The van der Waals surface area contributed by atoms with Crippen molar-refractivity contribution in [1.29, 1.82) is 0 Å². The van der Waals surface area contributed by atoms with Gasteiger partial charge in [0.1, 0.15) is 11.6 Å². The number of carbonyl (C=O) groups is 1.